The third-order valence-electron chi connectivity index (χ3n) is 4.33. The highest BCUT2D eigenvalue weighted by atomic mass is 35.5. The Morgan fingerprint density at radius 1 is 1.17 bits per heavy atom. The van der Waals surface area contributed by atoms with Gasteiger partial charge in [0.05, 0.1) is 11.5 Å². The van der Waals surface area contributed by atoms with Crippen molar-refractivity contribution in [1.29, 1.82) is 0 Å². The molecule has 0 aliphatic rings. The van der Waals surface area contributed by atoms with Gasteiger partial charge in [0.1, 0.15) is 11.6 Å². The Hall–Kier alpha value is -2.03. The number of rotatable bonds is 9. The van der Waals surface area contributed by atoms with Crippen LogP contribution in [-0.4, -0.2) is 26.4 Å². The molecular weight excluding hydrogens is 443 g/mol. The van der Waals surface area contributed by atoms with Gasteiger partial charge in [-0.15, -0.1) is 22.0 Å². The molecule has 0 aliphatic carbocycles. The number of amides is 1. The average Bonchev–Trinajstić information content (AvgIpc) is 3.12. The lowest BCUT2D eigenvalue weighted by Gasteiger charge is -2.09. The second-order valence-corrected chi connectivity index (χ2v) is 8.92. The molecule has 0 aliphatic heterocycles. The van der Waals surface area contributed by atoms with Gasteiger partial charge < -0.3 is 9.88 Å². The smallest absolute Gasteiger partial charge is 0.234 e. The summed E-state index contributed by atoms with van der Waals surface area (Å²) < 4.78 is 15.0. The standard InChI is InChI=1S/C21H22ClFN4OS2/c1-3-27-19(12-29-11-15-5-8-17(23)9-6-15)25-26-21(27)30-13-20(28)24-18-10-16(22)7-4-14(18)2/h4-10H,3,11-13H2,1-2H3,(H,24,28). The van der Waals surface area contributed by atoms with E-state index in [1.54, 1.807) is 36.0 Å². The summed E-state index contributed by atoms with van der Waals surface area (Å²) in [4.78, 5) is 12.3. The summed E-state index contributed by atoms with van der Waals surface area (Å²) in [6.45, 7) is 4.66. The molecule has 9 heteroatoms. The molecule has 3 rings (SSSR count). The van der Waals surface area contributed by atoms with E-state index in [9.17, 15) is 9.18 Å². The Bertz CT molecular complexity index is 1010. The predicted molar refractivity (Wildman–Crippen MR) is 123 cm³/mol. The molecule has 1 amide bonds. The number of nitrogens with one attached hydrogen (secondary N) is 1. The van der Waals surface area contributed by atoms with Crippen LogP contribution in [0.4, 0.5) is 10.1 Å². The zero-order valence-corrected chi connectivity index (χ0v) is 19.1. The molecule has 0 saturated carbocycles. The molecule has 0 atom stereocenters. The molecule has 1 aromatic heterocycles. The first-order valence-corrected chi connectivity index (χ1v) is 11.9. The highest BCUT2D eigenvalue weighted by Gasteiger charge is 2.14. The van der Waals surface area contributed by atoms with Gasteiger partial charge in [-0.25, -0.2) is 4.39 Å². The lowest BCUT2D eigenvalue weighted by atomic mass is 10.2. The van der Waals surface area contributed by atoms with Crippen molar-refractivity contribution in [2.75, 3.05) is 11.1 Å². The Kier molecular flexibility index (Phi) is 8.18. The Labute approximate surface area is 188 Å². The SMILES string of the molecule is CCn1c(CSCc2ccc(F)cc2)nnc1SCC(=O)Nc1cc(Cl)ccc1C. The summed E-state index contributed by atoms with van der Waals surface area (Å²) in [7, 11) is 0. The summed E-state index contributed by atoms with van der Waals surface area (Å²) in [5.74, 6) is 2.19. The van der Waals surface area contributed by atoms with Crippen molar-refractivity contribution >= 4 is 46.7 Å². The largest absolute Gasteiger partial charge is 0.325 e. The summed E-state index contributed by atoms with van der Waals surface area (Å²) in [6.07, 6.45) is 0. The molecule has 1 heterocycles. The minimum atomic E-state index is -0.231. The zero-order valence-electron chi connectivity index (χ0n) is 16.7. The Morgan fingerprint density at radius 3 is 2.67 bits per heavy atom. The summed E-state index contributed by atoms with van der Waals surface area (Å²) in [5, 5.41) is 12.7. The second kappa shape index (κ2) is 10.8. The third-order valence-corrected chi connectivity index (χ3v) is 6.53. The molecule has 5 nitrogen and oxygen atoms in total. The van der Waals surface area contributed by atoms with Crippen LogP contribution in [0.3, 0.4) is 0 Å². The van der Waals surface area contributed by atoms with Crippen LogP contribution < -0.4 is 5.32 Å². The molecule has 158 valence electrons. The normalized spacial score (nSPS) is 10.9. The van der Waals surface area contributed by atoms with Gasteiger partial charge in [-0.3, -0.25) is 4.79 Å². The first kappa shape index (κ1) is 22.7. The quantitative estimate of drug-likeness (QED) is 0.420. The Morgan fingerprint density at radius 2 is 1.93 bits per heavy atom. The van der Waals surface area contributed by atoms with Gasteiger partial charge in [0.15, 0.2) is 5.16 Å². The number of nitrogens with zero attached hydrogens (tertiary/aromatic N) is 3. The van der Waals surface area contributed by atoms with Crippen molar-refractivity contribution < 1.29 is 9.18 Å². The highest BCUT2D eigenvalue weighted by molar-refractivity contribution is 7.99. The number of aryl methyl sites for hydroxylation is 1. The van der Waals surface area contributed by atoms with Gasteiger partial charge in [-0.2, -0.15) is 0 Å². The maximum atomic E-state index is 13.0. The van der Waals surface area contributed by atoms with Gasteiger partial charge in [0.25, 0.3) is 0 Å². The van der Waals surface area contributed by atoms with Gasteiger partial charge in [-0.05, 0) is 49.2 Å². The van der Waals surface area contributed by atoms with Crippen molar-refractivity contribution in [1.82, 2.24) is 14.8 Å². The van der Waals surface area contributed by atoms with E-state index in [-0.39, 0.29) is 17.5 Å². The van der Waals surface area contributed by atoms with E-state index in [1.807, 2.05) is 24.5 Å². The summed E-state index contributed by atoms with van der Waals surface area (Å²) >= 11 is 9.05. The zero-order chi connectivity index (χ0) is 21.5. The average molecular weight is 465 g/mol. The van der Waals surface area contributed by atoms with E-state index in [4.69, 9.17) is 11.6 Å². The molecular formula is C21H22ClFN4OS2. The summed E-state index contributed by atoms with van der Waals surface area (Å²) in [6, 6.07) is 11.9. The fourth-order valence-electron chi connectivity index (χ4n) is 2.74. The van der Waals surface area contributed by atoms with Crippen LogP contribution in [0.5, 0.6) is 0 Å². The van der Waals surface area contributed by atoms with Gasteiger partial charge in [0.2, 0.25) is 5.91 Å². The van der Waals surface area contributed by atoms with Gasteiger partial charge in [0, 0.05) is 23.0 Å². The monoisotopic (exact) mass is 464 g/mol. The maximum Gasteiger partial charge on any atom is 0.234 e. The van der Waals surface area contributed by atoms with Crippen LogP contribution in [0, 0.1) is 12.7 Å². The fraction of sp³-hybridized carbons (Fsp3) is 0.286. The highest BCUT2D eigenvalue weighted by Crippen LogP contribution is 2.23. The third kappa shape index (κ3) is 6.23. The number of thioether (sulfide) groups is 2. The van der Waals surface area contributed by atoms with Crippen LogP contribution in [0.25, 0.3) is 0 Å². The van der Waals surface area contributed by atoms with E-state index >= 15 is 0 Å². The van der Waals surface area contributed by atoms with Crippen molar-refractivity contribution in [3.8, 4) is 0 Å². The first-order valence-electron chi connectivity index (χ1n) is 9.39. The summed E-state index contributed by atoms with van der Waals surface area (Å²) in [5.41, 5.74) is 2.73. The number of halogens is 2. The number of hydrogen-bond donors (Lipinski definition) is 1. The molecule has 2 aromatic carbocycles. The van der Waals surface area contributed by atoms with Crippen LogP contribution in [0.15, 0.2) is 47.6 Å². The van der Waals surface area contributed by atoms with Crippen molar-refractivity contribution in [3.05, 3.63) is 70.3 Å². The van der Waals surface area contributed by atoms with E-state index in [1.165, 1.54) is 23.9 Å². The first-order chi connectivity index (χ1) is 14.5. The predicted octanol–water partition coefficient (Wildman–Crippen LogP) is 5.56. The number of carbonyl (C=O) groups excluding carboxylic acids is 1. The molecule has 0 fully saturated rings. The molecule has 0 radical (unpaired) electrons. The molecule has 0 unspecified atom stereocenters. The molecule has 0 spiro atoms. The lowest BCUT2D eigenvalue weighted by Crippen LogP contribution is -2.15. The van der Waals surface area contributed by atoms with Crippen molar-refractivity contribution in [2.45, 2.75) is 37.1 Å². The van der Waals surface area contributed by atoms with Crippen molar-refractivity contribution in [2.24, 2.45) is 0 Å². The maximum absolute atomic E-state index is 13.0. The topological polar surface area (TPSA) is 59.8 Å². The van der Waals surface area contributed by atoms with Gasteiger partial charge >= 0.3 is 0 Å². The molecule has 30 heavy (non-hydrogen) atoms. The minimum Gasteiger partial charge on any atom is -0.325 e. The van der Waals surface area contributed by atoms with Crippen LogP contribution >= 0.6 is 35.1 Å². The molecule has 0 bridgehead atoms. The van der Waals surface area contributed by atoms with E-state index < -0.39 is 0 Å². The molecule has 3 aromatic rings. The van der Waals surface area contributed by atoms with Crippen LogP contribution in [-0.2, 0) is 22.8 Å². The number of hydrogen-bond acceptors (Lipinski definition) is 5. The van der Waals surface area contributed by atoms with Gasteiger partial charge in [-0.1, -0.05) is 41.6 Å². The molecule has 1 N–H and O–H groups in total. The number of aromatic nitrogens is 3. The number of benzene rings is 2. The Balaban J connectivity index is 1.53. The second-order valence-electron chi connectivity index (χ2n) is 6.56. The van der Waals surface area contributed by atoms with E-state index in [0.29, 0.717) is 21.6 Å². The number of carbonyl (C=O) groups is 1. The fourth-order valence-corrected chi connectivity index (χ4v) is 4.66. The molecule has 0 saturated heterocycles. The van der Waals surface area contributed by atoms with E-state index in [2.05, 4.69) is 15.5 Å². The van der Waals surface area contributed by atoms with E-state index in [0.717, 1.165) is 29.2 Å². The number of anilines is 1. The van der Waals surface area contributed by atoms with Crippen LogP contribution in [0.1, 0.15) is 23.9 Å². The lowest BCUT2D eigenvalue weighted by molar-refractivity contribution is -0.113. The van der Waals surface area contributed by atoms with Crippen molar-refractivity contribution in [3.63, 3.8) is 0 Å². The minimum absolute atomic E-state index is 0.122. The van der Waals surface area contributed by atoms with Crippen LogP contribution in [0.2, 0.25) is 5.02 Å².